The first-order valence-corrected chi connectivity index (χ1v) is 7.75. The number of carbonyl (C=O) groups excluding carboxylic acids is 1. The van der Waals surface area contributed by atoms with Crippen LogP contribution in [0.25, 0.3) is 0 Å². The fourth-order valence-corrected chi connectivity index (χ4v) is 3.12. The molecular formula is C17H23NO4. The maximum absolute atomic E-state index is 12.2. The molecular weight excluding hydrogens is 282 g/mol. The largest absolute Gasteiger partial charge is 0.508 e. The van der Waals surface area contributed by atoms with Gasteiger partial charge in [-0.2, -0.15) is 0 Å². The van der Waals surface area contributed by atoms with E-state index >= 15 is 0 Å². The van der Waals surface area contributed by atoms with Crippen molar-refractivity contribution in [1.29, 1.82) is 0 Å². The zero-order chi connectivity index (χ0) is 16.0. The van der Waals surface area contributed by atoms with Gasteiger partial charge in [-0.15, -0.1) is 0 Å². The predicted molar refractivity (Wildman–Crippen MR) is 82.2 cm³/mol. The molecule has 0 bridgehead atoms. The number of nitrogens with zero attached hydrogens (tertiary/aromatic N) is 1. The van der Waals surface area contributed by atoms with Crippen molar-refractivity contribution in [3.8, 4) is 11.5 Å². The molecule has 1 aromatic carbocycles. The van der Waals surface area contributed by atoms with E-state index in [9.17, 15) is 9.90 Å². The van der Waals surface area contributed by atoms with Crippen LogP contribution in [0.5, 0.6) is 11.5 Å². The smallest absolute Gasteiger partial charge is 0.410 e. The molecule has 1 atom stereocenters. The summed E-state index contributed by atoms with van der Waals surface area (Å²) < 4.78 is 11.6. The third kappa shape index (κ3) is 2.98. The van der Waals surface area contributed by atoms with Gasteiger partial charge < -0.3 is 19.5 Å². The summed E-state index contributed by atoms with van der Waals surface area (Å²) in [5.41, 5.74) is 0.229. The monoisotopic (exact) mass is 305 g/mol. The highest BCUT2D eigenvalue weighted by Crippen LogP contribution is 2.40. The maximum Gasteiger partial charge on any atom is 0.410 e. The number of hydrogen-bond donors (Lipinski definition) is 1. The summed E-state index contributed by atoms with van der Waals surface area (Å²) in [7, 11) is 0. The molecule has 120 valence electrons. The number of phenolic OH excluding ortho intramolecular Hbond substituents is 1. The maximum atomic E-state index is 12.2. The van der Waals surface area contributed by atoms with Crippen LogP contribution in [-0.2, 0) is 11.2 Å². The van der Waals surface area contributed by atoms with Crippen LogP contribution in [0.2, 0.25) is 0 Å². The van der Waals surface area contributed by atoms with Gasteiger partial charge in [-0.25, -0.2) is 4.79 Å². The summed E-state index contributed by atoms with van der Waals surface area (Å²) in [5.74, 6) is 1.08. The van der Waals surface area contributed by atoms with E-state index in [1.807, 2.05) is 26.8 Å². The van der Waals surface area contributed by atoms with Gasteiger partial charge in [0.25, 0.3) is 0 Å². The second-order valence-corrected chi connectivity index (χ2v) is 7.23. The van der Waals surface area contributed by atoms with Crippen molar-refractivity contribution in [2.24, 2.45) is 0 Å². The Morgan fingerprint density at radius 3 is 2.86 bits per heavy atom. The van der Waals surface area contributed by atoms with E-state index in [1.54, 1.807) is 17.0 Å². The highest BCUT2D eigenvalue weighted by Gasteiger charge is 2.45. The summed E-state index contributed by atoms with van der Waals surface area (Å²) in [6, 6.07) is 5.20. The molecule has 0 unspecified atom stereocenters. The lowest BCUT2D eigenvalue weighted by Gasteiger charge is -2.35. The molecule has 2 heterocycles. The Bertz CT molecular complexity index is 593. The molecule has 2 aliphatic rings. The van der Waals surface area contributed by atoms with E-state index in [0.29, 0.717) is 13.1 Å². The minimum atomic E-state index is -0.482. The highest BCUT2D eigenvalue weighted by molar-refractivity contribution is 5.68. The van der Waals surface area contributed by atoms with Crippen LogP contribution in [-0.4, -0.2) is 40.4 Å². The van der Waals surface area contributed by atoms with Crippen molar-refractivity contribution in [2.75, 3.05) is 13.1 Å². The number of fused-ring (bicyclic) bond motifs is 1. The van der Waals surface area contributed by atoms with Crippen molar-refractivity contribution in [2.45, 2.75) is 51.2 Å². The van der Waals surface area contributed by atoms with Crippen LogP contribution in [0.3, 0.4) is 0 Å². The third-order valence-corrected chi connectivity index (χ3v) is 4.19. The molecule has 5 heteroatoms. The minimum absolute atomic E-state index is 0.264. The fourth-order valence-electron chi connectivity index (χ4n) is 3.12. The molecule has 1 saturated heterocycles. The van der Waals surface area contributed by atoms with Gasteiger partial charge in [-0.1, -0.05) is 0 Å². The molecule has 0 saturated carbocycles. The van der Waals surface area contributed by atoms with E-state index in [4.69, 9.17) is 9.47 Å². The molecule has 3 rings (SSSR count). The van der Waals surface area contributed by atoms with E-state index in [0.717, 1.165) is 30.6 Å². The first-order chi connectivity index (χ1) is 10.3. The number of benzene rings is 1. The van der Waals surface area contributed by atoms with Crippen molar-refractivity contribution >= 4 is 6.09 Å². The number of phenols is 1. The first kappa shape index (κ1) is 15.0. The molecule has 22 heavy (non-hydrogen) atoms. The van der Waals surface area contributed by atoms with E-state index in [-0.39, 0.29) is 17.4 Å². The topological polar surface area (TPSA) is 59.0 Å². The van der Waals surface area contributed by atoms with Gasteiger partial charge in [0.05, 0.1) is 6.54 Å². The number of rotatable bonds is 0. The van der Waals surface area contributed by atoms with Crippen LogP contribution in [0.15, 0.2) is 18.2 Å². The number of ether oxygens (including phenoxy) is 2. The lowest BCUT2D eigenvalue weighted by molar-refractivity contribution is 0.0170. The molecule has 0 aliphatic carbocycles. The summed E-state index contributed by atoms with van der Waals surface area (Å²) in [4.78, 5) is 13.9. The minimum Gasteiger partial charge on any atom is -0.508 e. The number of aryl methyl sites for hydroxylation is 1. The van der Waals surface area contributed by atoms with Gasteiger partial charge in [0, 0.05) is 13.0 Å². The standard InChI is InChI=1S/C17H23NO4/c1-16(2,3)22-15(20)18-9-8-17(11-18)7-6-12-10-13(19)4-5-14(12)21-17/h4-5,10,19H,6-9,11H2,1-3H3/t17-/m0/s1. The van der Waals surface area contributed by atoms with E-state index < -0.39 is 5.60 Å². The molecule has 1 amide bonds. The Morgan fingerprint density at radius 1 is 1.36 bits per heavy atom. The number of carbonyl (C=O) groups is 1. The molecule has 0 radical (unpaired) electrons. The molecule has 0 aromatic heterocycles. The van der Waals surface area contributed by atoms with Crippen molar-refractivity contribution in [3.63, 3.8) is 0 Å². The summed E-state index contributed by atoms with van der Waals surface area (Å²) >= 11 is 0. The number of likely N-dealkylation sites (tertiary alicyclic amines) is 1. The molecule has 1 fully saturated rings. The average molecular weight is 305 g/mol. The number of aromatic hydroxyl groups is 1. The second-order valence-electron chi connectivity index (χ2n) is 7.23. The molecule has 1 N–H and O–H groups in total. The van der Waals surface area contributed by atoms with Crippen LogP contribution >= 0.6 is 0 Å². The average Bonchev–Trinajstić information content (AvgIpc) is 2.82. The van der Waals surface area contributed by atoms with E-state index in [1.165, 1.54) is 0 Å². The lowest BCUT2D eigenvalue weighted by atomic mass is 9.90. The van der Waals surface area contributed by atoms with Crippen molar-refractivity contribution < 1.29 is 19.4 Å². The second kappa shape index (κ2) is 5.07. The van der Waals surface area contributed by atoms with Gasteiger partial charge in [0.2, 0.25) is 0 Å². The zero-order valence-corrected chi connectivity index (χ0v) is 13.4. The molecule has 2 aliphatic heterocycles. The number of amides is 1. The highest BCUT2D eigenvalue weighted by atomic mass is 16.6. The summed E-state index contributed by atoms with van der Waals surface area (Å²) in [6.45, 7) is 6.83. The predicted octanol–water partition coefficient (Wildman–Crippen LogP) is 3.10. The Kier molecular flexibility index (Phi) is 3.46. The zero-order valence-electron chi connectivity index (χ0n) is 13.4. The Balaban J connectivity index is 1.70. The van der Waals surface area contributed by atoms with Gasteiger partial charge in [-0.05, 0) is 57.4 Å². The SMILES string of the molecule is CC(C)(C)OC(=O)N1CC[C@@]2(CCc3cc(O)ccc3O2)C1. The van der Waals surface area contributed by atoms with Crippen LogP contribution < -0.4 is 4.74 Å². The normalized spacial score (nSPS) is 24.0. The first-order valence-electron chi connectivity index (χ1n) is 7.75. The van der Waals surface area contributed by atoms with Crippen LogP contribution in [0.1, 0.15) is 39.2 Å². The summed E-state index contributed by atoms with van der Waals surface area (Å²) in [5, 5.41) is 9.54. The molecule has 5 nitrogen and oxygen atoms in total. The lowest BCUT2D eigenvalue weighted by Crippen LogP contribution is -2.44. The Morgan fingerprint density at radius 2 is 2.14 bits per heavy atom. The summed E-state index contributed by atoms with van der Waals surface area (Å²) in [6.07, 6.45) is 2.24. The van der Waals surface area contributed by atoms with E-state index in [2.05, 4.69) is 0 Å². The van der Waals surface area contributed by atoms with Gasteiger partial charge >= 0.3 is 6.09 Å². The van der Waals surface area contributed by atoms with Crippen molar-refractivity contribution in [1.82, 2.24) is 4.90 Å². The Labute approximate surface area is 130 Å². The molecule has 1 aromatic rings. The molecule has 1 spiro atoms. The van der Waals surface area contributed by atoms with Gasteiger partial charge in [0.1, 0.15) is 22.7 Å². The quantitative estimate of drug-likeness (QED) is 0.800. The fraction of sp³-hybridized carbons (Fsp3) is 0.588. The van der Waals surface area contributed by atoms with Crippen molar-refractivity contribution in [3.05, 3.63) is 23.8 Å². The Hall–Kier alpha value is -1.91. The van der Waals surface area contributed by atoms with Gasteiger partial charge in [-0.3, -0.25) is 0 Å². The van der Waals surface area contributed by atoms with Crippen LogP contribution in [0.4, 0.5) is 4.79 Å². The van der Waals surface area contributed by atoms with Crippen LogP contribution in [0, 0.1) is 0 Å². The number of hydrogen-bond acceptors (Lipinski definition) is 4. The van der Waals surface area contributed by atoms with Gasteiger partial charge in [0.15, 0.2) is 0 Å². The third-order valence-electron chi connectivity index (χ3n) is 4.19.